The molecule has 3 atom stereocenters. The number of nitrogens with one attached hydrogen (secondary N) is 1. The van der Waals surface area contributed by atoms with Gasteiger partial charge in [-0.1, -0.05) is 24.3 Å². The Kier molecular flexibility index (Phi) is 5.24. The molecule has 7 nitrogen and oxygen atoms in total. The lowest BCUT2D eigenvalue weighted by atomic mass is 10.0. The van der Waals surface area contributed by atoms with Crippen molar-refractivity contribution in [3.63, 3.8) is 0 Å². The number of aromatic nitrogens is 1. The van der Waals surface area contributed by atoms with E-state index in [0.717, 1.165) is 26.6 Å². The molecule has 0 spiro atoms. The van der Waals surface area contributed by atoms with Gasteiger partial charge in [0.15, 0.2) is 0 Å². The zero-order valence-electron chi connectivity index (χ0n) is 14.5. The van der Waals surface area contributed by atoms with Crippen LogP contribution < -0.4 is 5.32 Å². The first-order valence-corrected chi connectivity index (χ1v) is 9.23. The van der Waals surface area contributed by atoms with Gasteiger partial charge < -0.3 is 15.5 Å². The molecule has 138 valence electrons. The van der Waals surface area contributed by atoms with Gasteiger partial charge in [0.25, 0.3) is 0 Å². The van der Waals surface area contributed by atoms with Crippen LogP contribution in [0.2, 0.25) is 0 Å². The lowest BCUT2D eigenvalue weighted by molar-refractivity contribution is -0.125. The largest absolute Gasteiger partial charge is 0.465 e. The molecule has 3 rings (SSSR count). The lowest BCUT2D eigenvalue weighted by Gasteiger charge is -2.23. The number of β-amino-alcohol motifs (C(OH)–C–C–N with tert-alkyl or cyclic N) is 1. The van der Waals surface area contributed by atoms with E-state index in [0.29, 0.717) is 0 Å². The Labute approximate surface area is 155 Å². The van der Waals surface area contributed by atoms with Gasteiger partial charge in [0.1, 0.15) is 6.04 Å². The lowest BCUT2D eigenvalue weighted by Crippen LogP contribution is -2.46. The summed E-state index contributed by atoms with van der Waals surface area (Å²) in [5.41, 5.74) is 4.79. The van der Waals surface area contributed by atoms with Crippen LogP contribution in [0, 0.1) is 6.92 Å². The van der Waals surface area contributed by atoms with E-state index in [-0.39, 0.29) is 24.9 Å². The van der Waals surface area contributed by atoms with E-state index < -0.39 is 18.2 Å². The highest BCUT2D eigenvalue weighted by molar-refractivity contribution is 7.13. The van der Waals surface area contributed by atoms with Gasteiger partial charge in [-0.25, -0.2) is 9.78 Å². The number of aryl methyl sites for hydroxylation is 1. The Bertz CT molecular complexity index is 805. The molecule has 0 radical (unpaired) electrons. The van der Waals surface area contributed by atoms with Gasteiger partial charge in [-0.05, 0) is 25.0 Å². The van der Waals surface area contributed by atoms with E-state index in [2.05, 4.69) is 10.3 Å². The van der Waals surface area contributed by atoms with Crippen molar-refractivity contribution in [3.8, 4) is 10.4 Å². The van der Waals surface area contributed by atoms with Gasteiger partial charge in [0.2, 0.25) is 5.91 Å². The van der Waals surface area contributed by atoms with Crippen molar-refractivity contribution < 1.29 is 19.8 Å². The van der Waals surface area contributed by atoms with Gasteiger partial charge >= 0.3 is 6.09 Å². The number of carbonyl (C=O) groups is 2. The predicted molar refractivity (Wildman–Crippen MR) is 98.0 cm³/mol. The number of carbonyl (C=O) groups excluding carboxylic acids is 1. The standard InChI is InChI=1S/C18H21N3O4S/c1-10(20-17(23)15-7-14(22)8-21(15)18(24)25)12-3-5-13(6-4-12)16-11(2)19-9-26-16/h3-6,9-10,14-15,22H,7-8H2,1-2H3,(H,20,23)(H,24,25)/t10-,14-,15+/m0/s1. The molecule has 2 aromatic rings. The molecule has 1 aromatic heterocycles. The molecule has 0 saturated carbocycles. The van der Waals surface area contributed by atoms with E-state index in [4.69, 9.17) is 0 Å². The fourth-order valence-corrected chi connectivity index (χ4v) is 3.98. The van der Waals surface area contributed by atoms with Crippen LogP contribution >= 0.6 is 11.3 Å². The number of likely N-dealkylation sites (tertiary alicyclic amines) is 1. The highest BCUT2D eigenvalue weighted by Gasteiger charge is 2.39. The summed E-state index contributed by atoms with van der Waals surface area (Å²) in [5.74, 6) is -0.390. The number of rotatable bonds is 4. The normalized spacial score (nSPS) is 20.8. The summed E-state index contributed by atoms with van der Waals surface area (Å²) in [6, 6.07) is 6.73. The van der Waals surface area contributed by atoms with E-state index in [1.165, 1.54) is 0 Å². The first-order chi connectivity index (χ1) is 12.4. The number of hydrogen-bond acceptors (Lipinski definition) is 5. The molecule has 1 aliphatic rings. The summed E-state index contributed by atoms with van der Waals surface area (Å²) in [7, 11) is 0. The number of nitrogens with zero attached hydrogens (tertiary/aromatic N) is 2. The van der Waals surface area contributed by atoms with Crippen LogP contribution in [-0.2, 0) is 4.79 Å². The number of carboxylic acid groups (broad SMARTS) is 1. The van der Waals surface area contributed by atoms with E-state index >= 15 is 0 Å². The molecule has 1 aromatic carbocycles. The average Bonchev–Trinajstić information content (AvgIpc) is 3.20. The summed E-state index contributed by atoms with van der Waals surface area (Å²) in [6.45, 7) is 3.78. The van der Waals surface area contributed by atoms with Crippen LogP contribution in [0.5, 0.6) is 0 Å². The third-order valence-electron chi connectivity index (χ3n) is 4.60. The van der Waals surface area contributed by atoms with Crippen molar-refractivity contribution in [2.24, 2.45) is 0 Å². The van der Waals surface area contributed by atoms with Crippen molar-refractivity contribution in [3.05, 3.63) is 41.0 Å². The fourth-order valence-electron chi connectivity index (χ4n) is 3.17. The maximum Gasteiger partial charge on any atom is 0.408 e. The predicted octanol–water partition coefficient (Wildman–Crippen LogP) is 2.41. The van der Waals surface area contributed by atoms with Crippen molar-refractivity contribution in [1.82, 2.24) is 15.2 Å². The average molecular weight is 375 g/mol. The smallest absolute Gasteiger partial charge is 0.408 e. The summed E-state index contributed by atoms with van der Waals surface area (Å²) in [5, 5.41) is 21.7. The van der Waals surface area contributed by atoms with Crippen molar-refractivity contribution in [2.75, 3.05) is 6.54 Å². The van der Waals surface area contributed by atoms with Crippen LogP contribution in [0.15, 0.2) is 29.8 Å². The SMILES string of the molecule is Cc1ncsc1-c1ccc([C@H](C)NC(=O)[C@H]2C[C@H](O)CN2C(=O)O)cc1. The Hall–Kier alpha value is -2.45. The van der Waals surface area contributed by atoms with Crippen LogP contribution in [0.4, 0.5) is 4.79 Å². The topological polar surface area (TPSA) is 103 Å². The molecule has 8 heteroatoms. The number of amides is 2. The first kappa shape index (κ1) is 18.3. The second-order valence-corrected chi connectivity index (χ2v) is 7.31. The molecular weight excluding hydrogens is 354 g/mol. The monoisotopic (exact) mass is 375 g/mol. The molecule has 2 heterocycles. The zero-order chi connectivity index (χ0) is 18.8. The number of benzene rings is 1. The minimum Gasteiger partial charge on any atom is -0.465 e. The van der Waals surface area contributed by atoms with Crippen LogP contribution in [-0.4, -0.2) is 50.8 Å². The molecule has 2 amide bonds. The molecule has 1 fully saturated rings. The van der Waals surface area contributed by atoms with E-state index in [1.54, 1.807) is 11.3 Å². The van der Waals surface area contributed by atoms with Crippen molar-refractivity contribution >= 4 is 23.3 Å². The third-order valence-corrected chi connectivity index (χ3v) is 5.58. The Morgan fingerprint density at radius 1 is 1.35 bits per heavy atom. The Morgan fingerprint density at radius 3 is 2.62 bits per heavy atom. The van der Waals surface area contributed by atoms with Crippen molar-refractivity contribution in [1.29, 1.82) is 0 Å². The maximum absolute atomic E-state index is 12.5. The molecule has 1 saturated heterocycles. The highest BCUT2D eigenvalue weighted by atomic mass is 32.1. The zero-order valence-corrected chi connectivity index (χ0v) is 15.4. The van der Waals surface area contributed by atoms with Crippen LogP contribution in [0.3, 0.4) is 0 Å². The number of thiazole rings is 1. The van der Waals surface area contributed by atoms with Crippen LogP contribution in [0.25, 0.3) is 10.4 Å². The van der Waals surface area contributed by atoms with E-state index in [1.807, 2.05) is 43.6 Å². The molecule has 0 aliphatic carbocycles. The molecule has 0 bridgehead atoms. The molecule has 1 aliphatic heterocycles. The molecular formula is C18H21N3O4S. The highest BCUT2D eigenvalue weighted by Crippen LogP contribution is 2.28. The van der Waals surface area contributed by atoms with Gasteiger partial charge in [-0.15, -0.1) is 11.3 Å². The Balaban J connectivity index is 1.68. The molecule has 3 N–H and O–H groups in total. The Morgan fingerprint density at radius 2 is 2.04 bits per heavy atom. The molecule has 26 heavy (non-hydrogen) atoms. The summed E-state index contributed by atoms with van der Waals surface area (Å²) < 4.78 is 0. The number of aliphatic hydroxyl groups excluding tert-OH is 1. The quantitative estimate of drug-likeness (QED) is 0.761. The van der Waals surface area contributed by atoms with Gasteiger partial charge in [0, 0.05) is 6.42 Å². The first-order valence-electron chi connectivity index (χ1n) is 8.35. The fraction of sp³-hybridized carbons (Fsp3) is 0.389. The summed E-state index contributed by atoms with van der Waals surface area (Å²) >= 11 is 1.58. The second-order valence-electron chi connectivity index (χ2n) is 6.46. The number of hydrogen-bond donors (Lipinski definition) is 3. The second kappa shape index (κ2) is 7.43. The van der Waals surface area contributed by atoms with Gasteiger partial charge in [0.05, 0.1) is 34.8 Å². The minimum atomic E-state index is -1.20. The summed E-state index contributed by atoms with van der Waals surface area (Å²) in [4.78, 5) is 30.0. The van der Waals surface area contributed by atoms with E-state index in [9.17, 15) is 19.8 Å². The van der Waals surface area contributed by atoms with Gasteiger partial charge in [-0.2, -0.15) is 0 Å². The minimum absolute atomic E-state index is 0.0370. The van der Waals surface area contributed by atoms with Gasteiger partial charge in [-0.3, -0.25) is 9.69 Å². The van der Waals surface area contributed by atoms with Crippen LogP contribution in [0.1, 0.15) is 30.6 Å². The summed E-state index contributed by atoms with van der Waals surface area (Å²) in [6.07, 6.45) is -1.88. The maximum atomic E-state index is 12.5. The molecule has 0 unspecified atom stereocenters. The van der Waals surface area contributed by atoms with Crippen molar-refractivity contribution in [2.45, 2.75) is 38.5 Å². The number of aliphatic hydroxyl groups is 1. The third kappa shape index (κ3) is 3.71.